The maximum Gasteiger partial charge on any atom is 0.131 e. The lowest BCUT2D eigenvalue weighted by Crippen LogP contribution is -2.13. The molecule has 1 atom stereocenters. The molecule has 0 aliphatic heterocycles. The average molecular weight is 255 g/mol. The Morgan fingerprint density at radius 3 is 2.58 bits per heavy atom. The van der Waals surface area contributed by atoms with Crippen LogP contribution in [-0.4, -0.2) is 0 Å². The molecule has 2 nitrogen and oxygen atoms in total. The second-order valence-corrected chi connectivity index (χ2v) is 4.62. The van der Waals surface area contributed by atoms with Gasteiger partial charge in [0.1, 0.15) is 5.82 Å². The Kier molecular flexibility index (Phi) is 3.05. The first-order valence-electron chi connectivity index (χ1n) is 6.19. The highest BCUT2D eigenvalue weighted by Gasteiger charge is 2.13. The van der Waals surface area contributed by atoms with Crippen LogP contribution < -0.4 is 5.73 Å². The fourth-order valence-corrected chi connectivity index (χ4v) is 2.38. The van der Waals surface area contributed by atoms with E-state index >= 15 is 0 Å². The Labute approximate surface area is 110 Å². The number of furan rings is 1. The molecule has 96 valence electrons. The second-order valence-electron chi connectivity index (χ2n) is 4.62. The van der Waals surface area contributed by atoms with Crippen LogP contribution in [0.25, 0.3) is 10.8 Å². The molecule has 0 radical (unpaired) electrons. The van der Waals surface area contributed by atoms with Crippen molar-refractivity contribution in [3.8, 4) is 0 Å². The van der Waals surface area contributed by atoms with E-state index in [1.165, 1.54) is 6.07 Å². The third-order valence-electron chi connectivity index (χ3n) is 3.34. The summed E-state index contributed by atoms with van der Waals surface area (Å²) in [6.07, 6.45) is 3.99. The predicted octanol–water partition coefficient (Wildman–Crippen LogP) is 3.81. The summed E-state index contributed by atoms with van der Waals surface area (Å²) >= 11 is 0. The summed E-state index contributed by atoms with van der Waals surface area (Å²) in [6.45, 7) is 0. The summed E-state index contributed by atoms with van der Waals surface area (Å²) in [7, 11) is 0. The lowest BCUT2D eigenvalue weighted by atomic mass is 9.95. The zero-order chi connectivity index (χ0) is 13.2. The SMILES string of the molecule is NC(Cc1ccoc1)c1ccc(F)c2ccccc12. The molecule has 1 heterocycles. The first kappa shape index (κ1) is 11.9. The van der Waals surface area contributed by atoms with Crippen molar-refractivity contribution in [3.63, 3.8) is 0 Å². The van der Waals surface area contributed by atoms with Crippen LogP contribution >= 0.6 is 0 Å². The van der Waals surface area contributed by atoms with Crippen LogP contribution in [0.1, 0.15) is 17.2 Å². The Hall–Kier alpha value is -2.13. The number of nitrogens with two attached hydrogens (primary N) is 1. The van der Waals surface area contributed by atoms with Gasteiger partial charge in [0.2, 0.25) is 0 Å². The topological polar surface area (TPSA) is 39.2 Å². The van der Waals surface area contributed by atoms with Gasteiger partial charge in [-0.15, -0.1) is 0 Å². The largest absolute Gasteiger partial charge is 0.472 e. The van der Waals surface area contributed by atoms with Gasteiger partial charge in [0.15, 0.2) is 0 Å². The van der Waals surface area contributed by atoms with E-state index in [-0.39, 0.29) is 11.9 Å². The van der Waals surface area contributed by atoms with Crippen LogP contribution in [0.4, 0.5) is 4.39 Å². The van der Waals surface area contributed by atoms with Gasteiger partial charge < -0.3 is 10.2 Å². The van der Waals surface area contributed by atoms with Gasteiger partial charge in [-0.3, -0.25) is 0 Å². The molecular weight excluding hydrogens is 241 g/mol. The summed E-state index contributed by atoms with van der Waals surface area (Å²) in [5.41, 5.74) is 8.24. The molecule has 0 fully saturated rings. The zero-order valence-corrected chi connectivity index (χ0v) is 10.3. The van der Waals surface area contributed by atoms with E-state index in [0.29, 0.717) is 11.8 Å². The highest BCUT2D eigenvalue weighted by molar-refractivity contribution is 5.86. The third-order valence-corrected chi connectivity index (χ3v) is 3.34. The van der Waals surface area contributed by atoms with Gasteiger partial charge in [-0.2, -0.15) is 0 Å². The molecule has 2 aromatic carbocycles. The first-order valence-corrected chi connectivity index (χ1v) is 6.19. The van der Waals surface area contributed by atoms with E-state index in [9.17, 15) is 4.39 Å². The third kappa shape index (κ3) is 2.25. The van der Waals surface area contributed by atoms with Crippen molar-refractivity contribution in [1.29, 1.82) is 0 Å². The maximum absolute atomic E-state index is 13.8. The molecule has 0 bridgehead atoms. The summed E-state index contributed by atoms with van der Waals surface area (Å²) < 4.78 is 18.8. The lowest BCUT2D eigenvalue weighted by Gasteiger charge is -2.14. The molecule has 1 unspecified atom stereocenters. The van der Waals surface area contributed by atoms with Crippen molar-refractivity contribution in [2.45, 2.75) is 12.5 Å². The molecule has 19 heavy (non-hydrogen) atoms. The average Bonchev–Trinajstić information content (AvgIpc) is 2.92. The lowest BCUT2D eigenvalue weighted by molar-refractivity contribution is 0.561. The van der Waals surface area contributed by atoms with Crippen LogP contribution in [0.2, 0.25) is 0 Å². The number of benzene rings is 2. The molecule has 0 saturated carbocycles. The minimum Gasteiger partial charge on any atom is -0.472 e. The Balaban J connectivity index is 2.03. The normalized spacial score (nSPS) is 12.7. The van der Waals surface area contributed by atoms with Crippen LogP contribution in [0.3, 0.4) is 0 Å². The molecule has 0 spiro atoms. The Morgan fingerprint density at radius 1 is 1.05 bits per heavy atom. The van der Waals surface area contributed by atoms with Gasteiger partial charge in [0.05, 0.1) is 12.5 Å². The van der Waals surface area contributed by atoms with Gasteiger partial charge in [-0.25, -0.2) is 4.39 Å². The van der Waals surface area contributed by atoms with Gasteiger partial charge in [-0.1, -0.05) is 30.3 Å². The summed E-state index contributed by atoms with van der Waals surface area (Å²) in [5.74, 6) is -0.213. The number of halogens is 1. The number of hydrogen-bond donors (Lipinski definition) is 1. The fraction of sp³-hybridized carbons (Fsp3) is 0.125. The molecule has 3 rings (SSSR count). The van der Waals surface area contributed by atoms with Crippen LogP contribution in [0.15, 0.2) is 59.4 Å². The molecule has 0 saturated heterocycles. The minimum absolute atomic E-state index is 0.178. The molecule has 3 aromatic rings. The van der Waals surface area contributed by atoms with Crippen LogP contribution in [-0.2, 0) is 6.42 Å². The van der Waals surface area contributed by atoms with Crippen molar-refractivity contribution < 1.29 is 8.81 Å². The molecular formula is C16H14FNO. The Morgan fingerprint density at radius 2 is 1.84 bits per heavy atom. The van der Waals surface area contributed by atoms with E-state index in [2.05, 4.69) is 0 Å². The van der Waals surface area contributed by atoms with Crippen molar-refractivity contribution in [2.24, 2.45) is 5.73 Å². The Bertz CT molecular complexity index is 691. The fourth-order valence-electron chi connectivity index (χ4n) is 2.38. The maximum atomic E-state index is 13.8. The van der Waals surface area contributed by atoms with Crippen molar-refractivity contribution in [2.75, 3.05) is 0 Å². The number of rotatable bonds is 3. The molecule has 0 aliphatic rings. The van der Waals surface area contributed by atoms with E-state index in [1.807, 2.05) is 24.3 Å². The smallest absolute Gasteiger partial charge is 0.131 e. The van der Waals surface area contributed by atoms with E-state index in [1.54, 1.807) is 24.7 Å². The second kappa shape index (κ2) is 4.86. The first-order chi connectivity index (χ1) is 9.25. The minimum atomic E-state index is -0.213. The van der Waals surface area contributed by atoms with Gasteiger partial charge in [-0.05, 0) is 35.1 Å². The van der Waals surface area contributed by atoms with Crippen LogP contribution in [0.5, 0.6) is 0 Å². The summed E-state index contributed by atoms with van der Waals surface area (Å²) in [6, 6.07) is 12.4. The quantitative estimate of drug-likeness (QED) is 0.772. The number of fused-ring (bicyclic) bond motifs is 1. The highest BCUT2D eigenvalue weighted by Crippen LogP contribution is 2.27. The monoisotopic (exact) mass is 255 g/mol. The van der Waals surface area contributed by atoms with Crippen LogP contribution in [0, 0.1) is 5.82 Å². The van der Waals surface area contributed by atoms with E-state index in [0.717, 1.165) is 16.5 Å². The standard InChI is InChI=1S/C16H14FNO/c17-15-6-5-14(12-3-1-2-4-13(12)15)16(18)9-11-7-8-19-10-11/h1-8,10,16H,9,18H2. The molecule has 0 aliphatic carbocycles. The van der Waals surface area contributed by atoms with Crippen molar-refractivity contribution in [1.82, 2.24) is 0 Å². The summed E-state index contributed by atoms with van der Waals surface area (Å²) in [5, 5.41) is 1.49. The van der Waals surface area contributed by atoms with Crippen molar-refractivity contribution in [3.05, 3.63) is 71.9 Å². The predicted molar refractivity (Wildman–Crippen MR) is 73.2 cm³/mol. The molecule has 1 aromatic heterocycles. The highest BCUT2D eigenvalue weighted by atomic mass is 19.1. The zero-order valence-electron chi connectivity index (χ0n) is 10.3. The van der Waals surface area contributed by atoms with Gasteiger partial charge in [0, 0.05) is 11.4 Å². The van der Waals surface area contributed by atoms with E-state index in [4.69, 9.17) is 10.2 Å². The van der Waals surface area contributed by atoms with Crippen molar-refractivity contribution >= 4 is 10.8 Å². The summed E-state index contributed by atoms with van der Waals surface area (Å²) in [4.78, 5) is 0. The molecule has 3 heteroatoms. The van der Waals surface area contributed by atoms with E-state index < -0.39 is 0 Å². The van der Waals surface area contributed by atoms with Gasteiger partial charge >= 0.3 is 0 Å². The molecule has 2 N–H and O–H groups in total. The number of hydrogen-bond acceptors (Lipinski definition) is 2. The van der Waals surface area contributed by atoms with Gasteiger partial charge in [0.25, 0.3) is 0 Å². The molecule has 0 amide bonds.